The van der Waals surface area contributed by atoms with E-state index in [-0.39, 0.29) is 0 Å². The SMILES string of the molecule is CCCCCC(CCCCC)Nc1ccc(C)c(I)c1. The number of nitrogens with one attached hydrogen (secondary N) is 1. The van der Waals surface area contributed by atoms with Crippen molar-refractivity contribution < 1.29 is 0 Å². The maximum atomic E-state index is 3.76. The van der Waals surface area contributed by atoms with Gasteiger partial charge in [-0.05, 0) is 60.1 Å². The van der Waals surface area contributed by atoms with Gasteiger partial charge in [0.2, 0.25) is 0 Å². The first-order chi connectivity index (χ1) is 9.67. The van der Waals surface area contributed by atoms with E-state index in [1.807, 2.05) is 0 Å². The first kappa shape index (κ1) is 17.8. The predicted octanol–water partition coefficient (Wildman–Crippen LogP) is 6.54. The van der Waals surface area contributed by atoms with Crippen LogP contribution in [0, 0.1) is 10.5 Å². The van der Waals surface area contributed by atoms with Gasteiger partial charge in [-0.15, -0.1) is 0 Å². The fourth-order valence-electron chi connectivity index (χ4n) is 2.49. The Morgan fingerprint density at radius 3 is 2.10 bits per heavy atom. The van der Waals surface area contributed by atoms with E-state index in [9.17, 15) is 0 Å². The molecule has 0 amide bonds. The van der Waals surface area contributed by atoms with Gasteiger partial charge < -0.3 is 5.32 Å². The number of rotatable bonds is 10. The van der Waals surface area contributed by atoms with Gasteiger partial charge >= 0.3 is 0 Å². The van der Waals surface area contributed by atoms with Gasteiger partial charge in [0.25, 0.3) is 0 Å². The zero-order chi connectivity index (χ0) is 14.8. The lowest BCUT2D eigenvalue weighted by Crippen LogP contribution is -2.19. The summed E-state index contributed by atoms with van der Waals surface area (Å²) in [4.78, 5) is 0. The van der Waals surface area contributed by atoms with Gasteiger partial charge in [-0.25, -0.2) is 0 Å². The average molecular weight is 387 g/mol. The van der Waals surface area contributed by atoms with E-state index in [0.717, 1.165) is 0 Å². The molecule has 2 heteroatoms. The van der Waals surface area contributed by atoms with E-state index in [0.29, 0.717) is 6.04 Å². The van der Waals surface area contributed by atoms with Gasteiger partial charge in [-0.2, -0.15) is 0 Å². The summed E-state index contributed by atoms with van der Waals surface area (Å²) >= 11 is 2.43. The standard InChI is InChI=1S/C18H30IN/c1-4-6-8-10-16(11-9-7-5-2)20-17-13-12-15(3)18(19)14-17/h12-14,16,20H,4-11H2,1-3H3. The van der Waals surface area contributed by atoms with Crippen LogP contribution >= 0.6 is 22.6 Å². The third-order valence-corrected chi connectivity index (χ3v) is 5.02. The van der Waals surface area contributed by atoms with Crippen LogP contribution in [0.4, 0.5) is 5.69 Å². The van der Waals surface area contributed by atoms with E-state index >= 15 is 0 Å². The minimum Gasteiger partial charge on any atom is -0.382 e. The number of unbranched alkanes of at least 4 members (excludes halogenated alkanes) is 4. The molecule has 0 radical (unpaired) electrons. The van der Waals surface area contributed by atoms with Crippen molar-refractivity contribution in [3.05, 3.63) is 27.3 Å². The second kappa shape index (κ2) is 10.5. The Morgan fingerprint density at radius 2 is 1.60 bits per heavy atom. The first-order valence-electron chi connectivity index (χ1n) is 8.20. The molecule has 0 aliphatic heterocycles. The van der Waals surface area contributed by atoms with Crippen LogP contribution < -0.4 is 5.32 Å². The molecule has 0 spiro atoms. The van der Waals surface area contributed by atoms with Crippen LogP contribution in [0.1, 0.15) is 70.8 Å². The Morgan fingerprint density at radius 1 is 1.00 bits per heavy atom. The maximum absolute atomic E-state index is 3.76. The average Bonchev–Trinajstić information content (AvgIpc) is 2.43. The van der Waals surface area contributed by atoms with Crippen molar-refractivity contribution in [3.8, 4) is 0 Å². The van der Waals surface area contributed by atoms with Gasteiger partial charge in [0.15, 0.2) is 0 Å². The van der Waals surface area contributed by atoms with Gasteiger partial charge in [0, 0.05) is 15.3 Å². The highest BCUT2D eigenvalue weighted by atomic mass is 127. The molecule has 1 aromatic rings. The van der Waals surface area contributed by atoms with Crippen molar-refractivity contribution >= 4 is 28.3 Å². The lowest BCUT2D eigenvalue weighted by molar-refractivity contribution is 0.526. The molecule has 0 fully saturated rings. The highest BCUT2D eigenvalue weighted by molar-refractivity contribution is 14.1. The normalized spacial score (nSPS) is 11.1. The minimum atomic E-state index is 0.645. The van der Waals surface area contributed by atoms with Crippen LogP contribution in [0.2, 0.25) is 0 Å². The lowest BCUT2D eigenvalue weighted by atomic mass is 10.0. The highest BCUT2D eigenvalue weighted by Gasteiger charge is 2.08. The lowest BCUT2D eigenvalue weighted by Gasteiger charge is -2.20. The summed E-state index contributed by atoms with van der Waals surface area (Å²) < 4.78 is 1.36. The van der Waals surface area contributed by atoms with Gasteiger partial charge in [0.1, 0.15) is 0 Å². The molecule has 0 heterocycles. The monoisotopic (exact) mass is 387 g/mol. The zero-order valence-electron chi connectivity index (χ0n) is 13.3. The Hall–Kier alpha value is -0.250. The Labute approximate surface area is 139 Å². The first-order valence-corrected chi connectivity index (χ1v) is 9.28. The third kappa shape index (κ3) is 6.96. The molecule has 1 nitrogen and oxygen atoms in total. The van der Waals surface area contributed by atoms with E-state index in [1.54, 1.807) is 0 Å². The molecule has 0 aromatic heterocycles. The van der Waals surface area contributed by atoms with E-state index in [4.69, 9.17) is 0 Å². The maximum Gasteiger partial charge on any atom is 0.0353 e. The number of benzene rings is 1. The van der Waals surface area contributed by atoms with Crippen LogP contribution in [-0.4, -0.2) is 6.04 Å². The van der Waals surface area contributed by atoms with E-state index in [1.165, 1.54) is 66.2 Å². The Balaban J connectivity index is 2.54. The molecule has 0 bridgehead atoms. The molecule has 0 unspecified atom stereocenters. The van der Waals surface area contributed by atoms with E-state index in [2.05, 4.69) is 66.9 Å². The summed E-state index contributed by atoms with van der Waals surface area (Å²) in [5.74, 6) is 0. The number of anilines is 1. The van der Waals surface area contributed by atoms with Crippen molar-refractivity contribution in [2.75, 3.05) is 5.32 Å². The van der Waals surface area contributed by atoms with Gasteiger partial charge in [-0.1, -0.05) is 58.4 Å². The molecule has 20 heavy (non-hydrogen) atoms. The molecule has 0 saturated heterocycles. The van der Waals surface area contributed by atoms with Crippen molar-refractivity contribution in [2.45, 2.75) is 78.2 Å². The van der Waals surface area contributed by atoms with Crippen LogP contribution in [0.15, 0.2) is 18.2 Å². The molecule has 0 aliphatic rings. The van der Waals surface area contributed by atoms with Crippen molar-refractivity contribution in [1.82, 2.24) is 0 Å². The van der Waals surface area contributed by atoms with Crippen LogP contribution in [-0.2, 0) is 0 Å². The number of hydrogen-bond acceptors (Lipinski definition) is 1. The Bertz CT molecular complexity index is 366. The van der Waals surface area contributed by atoms with Gasteiger partial charge in [-0.3, -0.25) is 0 Å². The quantitative estimate of drug-likeness (QED) is 0.355. The smallest absolute Gasteiger partial charge is 0.0353 e. The zero-order valence-corrected chi connectivity index (χ0v) is 15.5. The largest absolute Gasteiger partial charge is 0.382 e. The Kier molecular flexibility index (Phi) is 9.32. The minimum absolute atomic E-state index is 0.645. The summed E-state index contributed by atoms with van der Waals surface area (Å²) in [7, 11) is 0. The molecule has 0 aliphatic carbocycles. The molecule has 1 aromatic carbocycles. The second-order valence-electron chi connectivity index (χ2n) is 5.80. The number of hydrogen-bond donors (Lipinski definition) is 1. The topological polar surface area (TPSA) is 12.0 Å². The molecular formula is C18H30IN. The van der Waals surface area contributed by atoms with Gasteiger partial charge in [0.05, 0.1) is 0 Å². The van der Waals surface area contributed by atoms with Crippen LogP contribution in [0.25, 0.3) is 0 Å². The van der Waals surface area contributed by atoms with Crippen molar-refractivity contribution in [3.63, 3.8) is 0 Å². The highest BCUT2D eigenvalue weighted by Crippen LogP contribution is 2.21. The summed E-state index contributed by atoms with van der Waals surface area (Å²) in [5, 5.41) is 3.76. The summed E-state index contributed by atoms with van der Waals surface area (Å²) in [5.41, 5.74) is 2.66. The summed E-state index contributed by atoms with van der Waals surface area (Å²) in [6, 6.07) is 7.37. The third-order valence-electron chi connectivity index (χ3n) is 3.85. The van der Waals surface area contributed by atoms with Crippen molar-refractivity contribution in [1.29, 1.82) is 0 Å². The molecule has 1 rings (SSSR count). The van der Waals surface area contributed by atoms with Crippen LogP contribution in [0.5, 0.6) is 0 Å². The molecule has 114 valence electrons. The van der Waals surface area contributed by atoms with Crippen LogP contribution in [0.3, 0.4) is 0 Å². The van der Waals surface area contributed by atoms with E-state index < -0.39 is 0 Å². The number of aryl methyl sites for hydroxylation is 1. The molecular weight excluding hydrogens is 357 g/mol. The molecule has 0 atom stereocenters. The predicted molar refractivity (Wildman–Crippen MR) is 99.6 cm³/mol. The summed E-state index contributed by atoms with van der Waals surface area (Å²) in [6.45, 7) is 6.73. The number of halogens is 1. The second-order valence-corrected chi connectivity index (χ2v) is 6.96. The summed E-state index contributed by atoms with van der Waals surface area (Å²) in [6.07, 6.45) is 10.7. The fourth-order valence-corrected chi connectivity index (χ4v) is 3.00. The molecule has 0 saturated carbocycles. The fraction of sp³-hybridized carbons (Fsp3) is 0.667. The molecule has 1 N–H and O–H groups in total. The van der Waals surface area contributed by atoms with Crippen molar-refractivity contribution in [2.24, 2.45) is 0 Å².